The molecule has 2 unspecified atom stereocenters. The van der Waals surface area contributed by atoms with Crippen LogP contribution < -0.4 is 4.52 Å². The fourth-order valence-electron chi connectivity index (χ4n) is 5.21. The second kappa shape index (κ2) is 9.14. The van der Waals surface area contributed by atoms with Crippen molar-refractivity contribution in [1.82, 2.24) is 4.57 Å². The van der Waals surface area contributed by atoms with Gasteiger partial charge < -0.3 is 13.6 Å². The van der Waals surface area contributed by atoms with Crippen LogP contribution in [0.3, 0.4) is 0 Å². The molecular weight excluding hydrogens is 473 g/mol. The lowest BCUT2D eigenvalue weighted by Crippen LogP contribution is -2.23. The Morgan fingerprint density at radius 3 is 2.44 bits per heavy atom. The quantitative estimate of drug-likeness (QED) is 0.260. The Morgan fingerprint density at radius 1 is 0.889 bits per heavy atom. The van der Waals surface area contributed by atoms with Gasteiger partial charge in [-0.1, -0.05) is 73.7 Å². The van der Waals surface area contributed by atoms with Crippen LogP contribution in [0.4, 0.5) is 0 Å². The molecule has 6 nitrogen and oxygen atoms in total. The molecule has 1 aliphatic heterocycles. The molecule has 2 atom stereocenters. The van der Waals surface area contributed by atoms with E-state index in [0.29, 0.717) is 29.8 Å². The molecule has 2 heterocycles. The molecule has 0 bridgehead atoms. The normalized spacial score (nSPS) is 16.6. The average Bonchev–Trinajstić information content (AvgIpc) is 3.30. The molecule has 0 N–H and O–H groups in total. The number of ketones is 2. The van der Waals surface area contributed by atoms with E-state index in [0.717, 1.165) is 11.3 Å². The highest BCUT2D eigenvalue weighted by molar-refractivity contribution is 7.42. The van der Waals surface area contributed by atoms with E-state index in [1.54, 1.807) is 18.2 Å². The minimum atomic E-state index is -1.78. The Morgan fingerprint density at radius 2 is 1.64 bits per heavy atom. The summed E-state index contributed by atoms with van der Waals surface area (Å²) in [6.45, 7) is 3.02. The number of hydrogen-bond donors (Lipinski definition) is 0. The number of benzene rings is 3. The molecule has 7 heteroatoms. The third-order valence-corrected chi connectivity index (χ3v) is 7.85. The lowest BCUT2D eigenvalue weighted by molar-refractivity contribution is 0.0977. The third kappa shape index (κ3) is 3.70. The predicted octanol–water partition coefficient (Wildman–Crippen LogP) is 6.25. The lowest BCUT2D eigenvalue weighted by Gasteiger charge is -2.27. The van der Waals surface area contributed by atoms with Crippen LogP contribution in [0.15, 0.2) is 79.0 Å². The van der Waals surface area contributed by atoms with Gasteiger partial charge in [-0.3, -0.25) is 14.1 Å². The van der Waals surface area contributed by atoms with E-state index in [1.807, 2.05) is 53.2 Å². The van der Waals surface area contributed by atoms with E-state index in [4.69, 9.17) is 13.6 Å². The number of aromatic nitrogens is 1. The smallest absolute Gasteiger partial charge is 0.397 e. The van der Waals surface area contributed by atoms with Crippen molar-refractivity contribution in [2.45, 2.75) is 26.0 Å². The number of fused-ring (bicyclic) bond motifs is 5. The van der Waals surface area contributed by atoms with Crippen molar-refractivity contribution < 1.29 is 23.2 Å². The zero-order valence-electron chi connectivity index (χ0n) is 19.9. The summed E-state index contributed by atoms with van der Waals surface area (Å²) < 4.78 is 19.4. The number of nitrogens with zero attached hydrogens (tertiary/aromatic N) is 1. The number of carbonyl (C=O) groups is 2. The highest BCUT2D eigenvalue weighted by Gasteiger charge is 2.39. The van der Waals surface area contributed by atoms with E-state index in [2.05, 4.69) is 19.1 Å². The monoisotopic (exact) mass is 497 g/mol. The van der Waals surface area contributed by atoms with Gasteiger partial charge in [0.2, 0.25) is 0 Å². The molecule has 1 aromatic heterocycles. The zero-order chi connectivity index (χ0) is 24.8. The SMILES string of the molecule is COP(OCc1ccccc1)Oc1cccc2c1C(=O)c1cn3c(c1C2=O)C(C)c1ccccc1C3. The minimum Gasteiger partial charge on any atom is -0.426 e. The summed E-state index contributed by atoms with van der Waals surface area (Å²) in [6.07, 6.45) is 1.82. The van der Waals surface area contributed by atoms with Gasteiger partial charge in [0, 0.05) is 37.0 Å². The second-order valence-electron chi connectivity index (χ2n) is 8.94. The molecule has 36 heavy (non-hydrogen) atoms. The standard InChI is InChI=1S/C29H24NO5P/c1-18-21-12-7-6-11-20(21)15-30-16-23-26(27(18)30)28(31)22-13-8-14-24(25(22)29(23)32)35-36(33-2)34-17-19-9-4-3-5-10-19/h3-14,16,18H,15,17H2,1-2H3. The summed E-state index contributed by atoms with van der Waals surface area (Å²) in [4.78, 5) is 27.6. The van der Waals surface area contributed by atoms with Crippen LogP contribution in [0.2, 0.25) is 0 Å². The molecule has 3 aromatic carbocycles. The molecule has 0 saturated heterocycles. The summed E-state index contributed by atoms with van der Waals surface area (Å²) in [6, 6.07) is 23.0. The van der Waals surface area contributed by atoms with E-state index in [1.165, 1.54) is 18.2 Å². The third-order valence-electron chi connectivity index (χ3n) is 6.86. The van der Waals surface area contributed by atoms with Crippen molar-refractivity contribution in [2.24, 2.45) is 0 Å². The molecule has 0 amide bonds. The second-order valence-corrected chi connectivity index (χ2v) is 10.2. The van der Waals surface area contributed by atoms with Crippen molar-refractivity contribution >= 4 is 20.2 Å². The van der Waals surface area contributed by atoms with Crippen molar-refractivity contribution in [3.8, 4) is 5.75 Å². The van der Waals surface area contributed by atoms with E-state index >= 15 is 0 Å². The van der Waals surface area contributed by atoms with Crippen molar-refractivity contribution in [2.75, 3.05) is 7.11 Å². The highest BCUT2D eigenvalue weighted by Crippen LogP contribution is 2.46. The summed E-state index contributed by atoms with van der Waals surface area (Å²) in [5.74, 6) is -0.0818. The molecule has 2 aliphatic rings. The van der Waals surface area contributed by atoms with Crippen LogP contribution in [0, 0.1) is 0 Å². The zero-order valence-corrected chi connectivity index (χ0v) is 20.8. The molecule has 0 spiro atoms. The maximum absolute atomic E-state index is 13.8. The van der Waals surface area contributed by atoms with Gasteiger partial charge in [0.15, 0.2) is 11.6 Å². The Labute approximate surface area is 210 Å². The minimum absolute atomic E-state index is 0.00384. The molecular formula is C29H24NO5P. The molecule has 6 rings (SSSR count). The van der Waals surface area contributed by atoms with Crippen molar-refractivity contribution in [3.05, 3.63) is 124 Å². The van der Waals surface area contributed by atoms with Crippen LogP contribution in [0.25, 0.3) is 0 Å². The first-order valence-electron chi connectivity index (χ1n) is 11.8. The van der Waals surface area contributed by atoms with Gasteiger partial charge in [-0.25, -0.2) is 0 Å². The van der Waals surface area contributed by atoms with E-state index in [-0.39, 0.29) is 28.8 Å². The Hall–Kier alpha value is -3.57. The first-order valence-corrected chi connectivity index (χ1v) is 12.9. The van der Waals surface area contributed by atoms with Crippen molar-refractivity contribution in [1.29, 1.82) is 0 Å². The Bertz CT molecular complexity index is 1490. The molecule has 0 saturated carbocycles. The molecule has 180 valence electrons. The first kappa shape index (κ1) is 22.9. The van der Waals surface area contributed by atoms with E-state index in [9.17, 15) is 9.59 Å². The molecule has 1 aliphatic carbocycles. The van der Waals surface area contributed by atoms with Crippen LogP contribution >= 0.6 is 8.60 Å². The van der Waals surface area contributed by atoms with Gasteiger partial charge in [-0.05, 0) is 22.8 Å². The summed E-state index contributed by atoms with van der Waals surface area (Å²) in [5, 5.41) is 0. The first-order chi connectivity index (χ1) is 17.6. The summed E-state index contributed by atoms with van der Waals surface area (Å²) >= 11 is 0. The molecule has 4 aromatic rings. The van der Waals surface area contributed by atoms with Gasteiger partial charge in [0.1, 0.15) is 5.75 Å². The van der Waals surface area contributed by atoms with Crippen LogP contribution in [0.1, 0.15) is 67.1 Å². The van der Waals surface area contributed by atoms with Gasteiger partial charge in [-0.2, -0.15) is 0 Å². The topological polar surface area (TPSA) is 66.8 Å². The van der Waals surface area contributed by atoms with Gasteiger partial charge in [0.25, 0.3) is 0 Å². The van der Waals surface area contributed by atoms with Crippen LogP contribution in [0.5, 0.6) is 5.75 Å². The molecule has 0 fully saturated rings. The summed E-state index contributed by atoms with van der Waals surface area (Å²) in [7, 11) is -0.281. The fourth-order valence-corrected chi connectivity index (χ4v) is 6.01. The maximum Gasteiger partial charge on any atom is 0.397 e. The van der Waals surface area contributed by atoms with Gasteiger partial charge in [0.05, 0.1) is 23.3 Å². The van der Waals surface area contributed by atoms with Crippen LogP contribution in [-0.4, -0.2) is 23.2 Å². The average molecular weight is 497 g/mol. The maximum atomic E-state index is 13.8. The van der Waals surface area contributed by atoms with Crippen molar-refractivity contribution in [3.63, 3.8) is 0 Å². The van der Waals surface area contributed by atoms with Gasteiger partial charge >= 0.3 is 8.60 Å². The highest BCUT2D eigenvalue weighted by atomic mass is 31.2. The van der Waals surface area contributed by atoms with Crippen LogP contribution in [-0.2, 0) is 22.2 Å². The van der Waals surface area contributed by atoms with E-state index < -0.39 is 8.60 Å². The fraction of sp³-hybridized carbons (Fsp3) is 0.172. The number of carbonyl (C=O) groups excluding carboxylic acids is 2. The summed E-state index contributed by atoms with van der Waals surface area (Å²) in [5.41, 5.74) is 5.79. The largest absolute Gasteiger partial charge is 0.426 e. The Balaban J connectivity index is 1.34. The lowest BCUT2D eigenvalue weighted by atomic mass is 9.81. The van der Waals surface area contributed by atoms with Gasteiger partial charge in [-0.15, -0.1) is 0 Å². The molecule has 0 radical (unpaired) electrons. The Kier molecular flexibility index (Phi) is 5.81. The number of hydrogen-bond acceptors (Lipinski definition) is 5. The number of rotatable bonds is 6. The predicted molar refractivity (Wildman–Crippen MR) is 137 cm³/mol.